The third kappa shape index (κ3) is 3.18. The summed E-state index contributed by atoms with van der Waals surface area (Å²) in [7, 11) is 0. The lowest BCUT2D eigenvalue weighted by molar-refractivity contribution is -0.141. The van der Waals surface area contributed by atoms with Crippen LogP contribution < -0.4 is 0 Å². The maximum Gasteiger partial charge on any atom is 0.327 e. The first-order valence-electron chi connectivity index (χ1n) is 6.57. The minimum Gasteiger partial charge on any atom is -0.480 e. The molecule has 2 atom stereocenters. The summed E-state index contributed by atoms with van der Waals surface area (Å²) in [6.45, 7) is 1.94. The van der Waals surface area contributed by atoms with Gasteiger partial charge in [0.2, 0.25) is 0 Å². The van der Waals surface area contributed by atoms with Crippen LogP contribution in [0.2, 0.25) is 0 Å². The molecule has 1 aromatic carbocycles. The molecule has 1 heterocycles. The predicted octanol–water partition coefficient (Wildman–Crippen LogP) is 2.73. The molecular weight excluding hydrogens is 300 g/mol. The fraction of sp³-hybridized carbons (Fsp3) is 0.429. The van der Waals surface area contributed by atoms with E-state index in [1.807, 2.05) is 6.92 Å². The summed E-state index contributed by atoms with van der Waals surface area (Å²) < 4.78 is 26.2. The predicted molar refractivity (Wildman–Crippen MR) is 75.1 cm³/mol. The Kier molecular flexibility index (Phi) is 4.82. The summed E-state index contributed by atoms with van der Waals surface area (Å²) >= 11 is 1.40. The minimum absolute atomic E-state index is 0.0382. The van der Waals surface area contributed by atoms with E-state index in [9.17, 15) is 23.5 Å². The molecule has 1 aliphatic heterocycles. The highest BCUT2D eigenvalue weighted by Gasteiger charge is 2.41. The first-order chi connectivity index (χ1) is 9.95. The molecule has 1 aromatic rings. The number of hydrogen-bond acceptors (Lipinski definition) is 3. The molecule has 0 radical (unpaired) electrons. The van der Waals surface area contributed by atoms with Gasteiger partial charge in [0.15, 0.2) is 11.6 Å². The molecule has 1 fully saturated rings. The molecule has 114 valence electrons. The van der Waals surface area contributed by atoms with Crippen molar-refractivity contribution in [3.8, 4) is 0 Å². The number of thioether (sulfide) groups is 1. The van der Waals surface area contributed by atoms with Crippen LogP contribution in [0.5, 0.6) is 0 Å². The first kappa shape index (κ1) is 15.8. The zero-order valence-electron chi connectivity index (χ0n) is 11.4. The molecule has 0 aromatic heterocycles. The molecule has 1 amide bonds. The number of nitrogens with zero attached hydrogens (tertiary/aromatic N) is 1. The van der Waals surface area contributed by atoms with Gasteiger partial charge in [0.05, 0.1) is 5.37 Å². The van der Waals surface area contributed by atoms with Gasteiger partial charge in [-0.15, -0.1) is 11.8 Å². The molecule has 2 rings (SSSR count). The topological polar surface area (TPSA) is 57.6 Å². The Labute approximate surface area is 125 Å². The maximum atomic E-state index is 13.3. The van der Waals surface area contributed by atoms with Gasteiger partial charge in [-0.3, -0.25) is 4.79 Å². The number of rotatable bonds is 4. The van der Waals surface area contributed by atoms with Crippen LogP contribution in [-0.4, -0.2) is 39.1 Å². The molecule has 0 spiro atoms. The molecule has 0 aliphatic carbocycles. The quantitative estimate of drug-likeness (QED) is 0.928. The van der Waals surface area contributed by atoms with Crippen molar-refractivity contribution in [1.82, 2.24) is 4.90 Å². The van der Waals surface area contributed by atoms with Crippen molar-refractivity contribution in [3.05, 3.63) is 35.4 Å². The SMILES string of the molecule is CCCC1SCC(C(=O)O)N1C(=O)c1ccc(F)c(F)c1. The maximum absolute atomic E-state index is 13.3. The Bertz CT molecular complexity index is 567. The van der Waals surface area contributed by atoms with Gasteiger partial charge < -0.3 is 10.0 Å². The van der Waals surface area contributed by atoms with E-state index in [0.717, 1.165) is 18.6 Å². The Morgan fingerprint density at radius 1 is 1.38 bits per heavy atom. The van der Waals surface area contributed by atoms with E-state index in [4.69, 9.17) is 0 Å². The fourth-order valence-electron chi connectivity index (χ4n) is 2.27. The van der Waals surface area contributed by atoms with E-state index in [2.05, 4.69) is 0 Å². The van der Waals surface area contributed by atoms with Crippen molar-refractivity contribution in [1.29, 1.82) is 0 Å². The Hall–Kier alpha value is -1.63. The Morgan fingerprint density at radius 3 is 2.67 bits per heavy atom. The van der Waals surface area contributed by atoms with Gasteiger partial charge in [0.1, 0.15) is 6.04 Å². The zero-order valence-corrected chi connectivity index (χ0v) is 12.2. The van der Waals surface area contributed by atoms with Crippen molar-refractivity contribution in [2.75, 3.05) is 5.75 Å². The zero-order chi connectivity index (χ0) is 15.6. The van der Waals surface area contributed by atoms with Crippen LogP contribution in [0.25, 0.3) is 0 Å². The average Bonchev–Trinajstić information content (AvgIpc) is 2.85. The molecule has 7 heteroatoms. The second-order valence-corrected chi connectivity index (χ2v) is 5.98. The number of amides is 1. The molecule has 0 saturated carbocycles. The lowest BCUT2D eigenvalue weighted by atomic mass is 10.1. The number of benzene rings is 1. The highest BCUT2D eigenvalue weighted by Crippen LogP contribution is 2.33. The van der Waals surface area contributed by atoms with Crippen molar-refractivity contribution in [2.24, 2.45) is 0 Å². The lowest BCUT2D eigenvalue weighted by Gasteiger charge is -2.27. The summed E-state index contributed by atoms with van der Waals surface area (Å²) in [6.07, 6.45) is 1.45. The van der Waals surface area contributed by atoms with Crippen LogP contribution >= 0.6 is 11.8 Å². The van der Waals surface area contributed by atoms with E-state index in [1.165, 1.54) is 22.7 Å². The second kappa shape index (κ2) is 6.43. The van der Waals surface area contributed by atoms with Crippen LogP contribution in [-0.2, 0) is 4.79 Å². The van der Waals surface area contributed by atoms with Crippen molar-refractivity contribution >= 4 is 23.6 Å². The van der Waals surface area contributed by atoms with Gasteiger partial charge in [-0.05, 0) is 24.6 Å². The second-order valence-electron chi connectivity index (χ2n) is 4.77. The third-order valence-electron chi connectivity index (χ3n) is 3.31. The average molecular weight is 315 g/mol. The lowest BCUT2D eigenvalue weighted by Crippen LogP contribution is -2.45. The van der Waals surface area contributed by atoms with Gasteiger partial charge in [-0.1, -0.05) is 13.3 Å². The van der Waals surface area contributed by atoms with E-state index in [0.29, 0.717) is 12.2 Å². The number of carbonyl (C=O) groups is 2. The number of halogens is 2. The van der Waals surface area contributed by atoms with Gasteiger partial charge in [0.25, 0.3) is 5.91 Å². The number of aliphatic carboxylic acids is 1. The van der Waals surface area contributed by atoms with E-state index in [-0.39, 0.29) is 10.9 Å². The van der Waals surface area contributed by atoms with Crippen LogP contribution in [0.1, 0.15) is 30.1 Å². The first-order valence-corrected chi connectivity index (χ1v) is 7.62. The third-order valence-corrected chi connectivity index (χ3v) is 4.67. The summed E-state index contributed by atoms with van der Waals surface area (Å²) in [5.74, 6) is -3.52. The molecule has 4 nitrogen and oxygen atoms in total. The fourth-order valence-corrected chi connectivity index (χ4v) is 3.79. The number of carbonyl (C=O) groups excluding carboxylic acids is 1. The molecule has 1 N–H and O–H groups in total. The minimum atomic E-state index is -1.12. The summed E-state index contributed by atoms with van der Waals surface area (Å²) in [5, 5.41) is 8.97. The summed E-state index contributed by atoms with van der Waals surface area (Å²) in [5.41, 5.74) is -0.0382. The largest absolute Gasteiger partial charge is 0.480 e. The van der Waals surface area contributed by atoms with Gasteiger partial charge in [-0.2, -0.15) is 0 Å². The van der Waals surface area contributed by atoms with Gasteiger partial charge >= 0.3 is 5.97 Å². The van der Waals surface area contributed by atoms with E-state index in [1.54, 1.807) is 0 Å². The molecule has 1 aliphatic rings. The van der Waals surface area contributed by atoms with Crippen LogP contribution in [0.4, 0.5) is 8.78 Å². The number of carboxylic acid groups (broad SMARTS) is 1. The molecule has 2 unspecified atom stereocenters. The molecule has 1 saturated heterocycles. The highest BCUT2D eigenvalue weighted by molar-refractivity contribution is 8.00. The van der Waals surface area contributed by atoms with Crippen molar-refractivity contribution < 1.29 is 23.5 Å². The molecule has 21 heavy (non-hydrogen) atoms. The van der Waals surface area contributed by atoms with Gasteiger partial charge in [0, 0.05) is 11.3 Å². The van der Waals surface area contributed by atoms with Crippen molar-refractivity contribution in [3.63, 3.8) is 0 Å². The number of carboxylic acids is 1. The van der Waals surface area contributed by atoms with Crippen LogP contribution in [0, 0.1) is 11.6 Å². The monoisotopic (exact) mass is 315 g/mol. The highest BCUT2D eigenvalue weighted by atomic mass is 32.2. The number of hydrogen-bond donors (Lipinski definition) is 1. The van der Waals surface area contributed by atoms with Crippen molar-refractivity contribution in [2.45, 2.75) is 31.2 Å². The van der Waals surface area contributed by atoms with Crippen LogP contribution in [0.3, 0.4) is 0 Å². The summed E-state index contributed by atoms with van der Waals surface area (Å²) in [6, 6.07) is 1.91. The molecular formula is C14H15F2NO3S. The Balaban J connectivity index is 2.31. The molecule has 0 bridgehead atoms. The Morgan fingerprint density at radius 2 is 2.10 bits per heavy atom. The van der Waals surface area contributed by atoms with E-state index < -0.39 is 29.6 Å². The standard InChI is InChI=1S/C14H15F2NO3S/c1-2-3-12-17(11(7-21-12)14(19)20)13(18)8-4-5-9(15)10(16)6-8/h4-6,11-12H,2-3,7H2,1H3,(H,19,20). The normalized spacial score (nSPS) is 21.6. The van der Waals surface area contributed by atoms with Gasteiger partial charge in [-0.25, -0.2) is 13.6 Å². The smallest absolute Gasteiger partial charge is 0.327 e. The van der Waals surface area contributed by atoms with Crippen LogP contribution in [0.15, 0.2) is 18.2 Å². The summed E-state index contributed by atoms with van der Waals surface area (Å²) in [4.78, 5) is 25.0. The van der Waals surface area contributed by atoms with E-state index >= 15 is 0 Å².